The molecule has 1 aromatic rings. The molecule has 0 radical (unpaired) electrons. The Morgan fingerprint density at radius 3 is 2.92 bits per heavy atom. The molecule has 0 amide bonds. The molecule has 5 nitrogen and oxygen atoms in total. The summed E-state index contributed by atoms with van der Waals surface area (Å²) < 4.78 is 11.5. The van der Waals surface area contributed by atoms with Crippen molar-refractivity contribution in [1.82, 2.24) is 4.90 Å². The summed E-state index contributed by atoms with van der Waals surface area (Å²) in [6.45, 7) is 8.66. The Hall–Kier alpha value is -1.88. The van der Waals surface area contributed by atoms with E-state index < -0.39 is 0 Å². The van der Waals surface area contributed by atoms with Crippen molar-refractivity contribution >= 4 is 11.6 Å². The highest BCUT2D eigenvalue weighted by Gasteiger charge is 2.25. The minimum atomic E-state index is 0.218. The van der Waals surface area contributed by atoms with Crippen LogP contribution in [-0.2, 0) is 4.74 Å². The van der Waals surface area contributed by atoms with E-state index in [4.69, 9.17) is 9.47 Å². The molecule has 1 fully saturated rings. The zero-order valence-electron chi connectivity index (χ0n) is 15.6. The minimum absolute atomic E-state index is 0.218. The van der Waals surface area contributed by atoms with Gasteiger partial charge in [-0.15, -0.1) is 0 Å². The van der Waals surface area contributed by atoms with Gasteiger partial charge in [0.15, 0.2) is 0 Å². The molecular formula is C20H29N3O2. The van der Waals surface area contributed by atoms with Crippen LogP contribution in [0.2, 0.25) is 0 Å². The Morgan fingerprint density at radius 1 is 1.28 bits per heavy atom. The third kappa shape index (κ3) is 4.82. The lowest BCUT2D eigenvalue weighted by atomic mass is 9.98. The third-order valence-electron chi connectivity index (χ3n) is 4.87. The van der Waals surface area contributed by atoms with Crippen LogP contribution < -0.4 is 4.74 Å². The van der Waals surface area contributed by atoms with Gasteiger partial charge in [-0.2, -0.15) is 0 Å². The lowest BCUT2D eigenvalue weighted by molar-refractivity contribution is 0.142. The van der Waals surface area contributed by atoms with Crippen molar-refractivity contribution in [2.75, 3.05) is 39.9 Å². The average Bonchev–Trinajstić information content (AvgIpc) is 2.63. The highest BCUT2D eigenvalue weighted by Crippen LogP contribution is 2.21. The van der Waals surface area contributed by atoms with Gasteiger partial charge in [0.2, 0.25) is 5.90 Å². The van der Waals surface area contributed by atoms with Crippen LogP contribution in [0.4, 0.5) is 0 Å². The molecule has 0 bridgehead atoms. The number of aliphatic imine (C=N–C) groups is 2. The van der Waals surface area contributed by atoms with Crippen molar-refractivity contribution < 1.29 is 9.47 Å². The summed E-state index contributed by atoms with van der Waals surface area (Å²) in [6, 6.07) is 8.44. The number of ether oxygens (including phenoxy) is 2. The van der Waals surface area contributed by atoms with Crippen LogP contribution in [0.25, 0.3) is 0 Å². The molecule has 25 heavy (non-hydrogen) atoms. The molecule has 3 rings (SSSR count). The summed E-state index contributed by atoms with van der Waals surface area (Å²) in [7, 11) is 1.68. The van der Waals surface area contributed by atoms with Crippen molar-refractivity contribution in [2.24, 2.45) is 15.9 Å². The van der Waals surface area contributed by atoms with Gasteiger partial charge in [-0.3, -0.25) is 9.89 Å². The second kappa shape index (κ2) is 8.48. The van der Waals surface area contributed by atoms with Crippen LogP contribution in [0.1, 0.15) is 25.3 Å². The van der Waals surface area contributed by atoms with Crippen molar-refractivity contribution in [2.45, 2.75) is 32.7 Å². The number of methoxy groups -OCH3 is 1. The molecule has 0 aliphatic carbocycles. The lowest BCUT2D eigenvalue weighted by Gasteiger charge is -2.33. The van der Waals surface area contributed by atoms with Crippen molar-refractivity contribution in [1.29, 1.82) is 0 Å². The Balaban J connectivity index is 1.53. The summed E-state index contributed by atoms with van der Waals surface area (Å²) in [6.07, 6.45) is 2.42. The van der Waals surface area contributed by atoms with Crippen molar-refractivity contribution in [3.8, 4) is 5.75 Å². The van der Waals surface area contributed by atoms with Crippen LogP contribution in [-0.4, -0.2) is 62.4 Å². The Labute approximate surface area is 150 Å². The highest BCUT2D eigenvalue weighted by molar-refractivity contribution is 6.40. The third-order valence-corrected chi connectivity index (χ3v) is 4.87. The number of hydrogen-bond acceptors (Lipinski definition) is 5. The molecule has 2 unspecified atom stereocenters. The van der Waals surface area contributed by atoms with Gasteiger partial charge in [-0.05, 0) is 44.9 Å². The number of nitrogens with zero attached hydrogens (tertiary/aromatic N) is 3. The predicted molar refractivity (Wildman–Crippen MR) is 102 cm³/mol. The molecule has 136 valence electrons. The first-order valence-electron chi connectivity index (χ1n) is 9.22. The quantitative estimate of drug-likeness (QED) is 0.826. The fraction of sp³-hybridized carbons (Fsp3) is 0.600. The molecule has 0 N–H and O–H groups in total. The van der Waals surface area contributed by atoms with Gasteiger partial charge in [0.1, 0.15) is 11.5 Å². The number of benzene rings is 1. The molecular weight excluding hydrogens is 314 g/mol. The van der Waals surface area contributed by atoms with E-state index in [9.17, 15) is 0 Å². The van der Waals surface area contributed by atoms with Gasteiger partial charge in [-0.25, -0.2) is 4.99 Å². The molecule has 0 spiro atoms. The molecule has 0 aromatic heterocycles. The maximum absolute atomic E-state index is 6.07. The van der Waals surface area contributed by atoms with E-state index in [0.29, 0.717) is 11.8 Å². The molecule has 2 aliphatic rings. The van der Waals surface area contributed by atoms with Crippen LogP contribution in [0.3, 0.4) is 0 Å². The zero-order chi connectivity index (χ0) is 17.6. The fourth-order valence-electron chi connectivity index (χ4n) is 3.48. The predicted octanol–water partition coefficient (Wildman–Crippen LogP) is 2.97. The van der Waals surface area contributed by atoms with E-state index in [0.717, 1.165) is 44.2 Å². The topological polar surface area (TPSA) is 46.4 Å². The van der Waals surface area contributed by atoms with E-state index in [1.165, 1.54) is 18.4 Å². The van der Waals surface area contributed by atoms with Gasteiger partial charge in [0.05, 0.1) is 26.3 Å². The van der Waals surface area contributed by atoms with E-state index >= 15 is 0 Å². The van der Waals surface area contributed by atoms with E-state index in [-0.39, 0.29) is 6.04 Å². The maximum atomic E-state index is 6.07. The minimum Gasteiger partial charge on any atom is -0.493 e. The molecule has 2 atom stereocenters. The molecule has 0 saturated carbocycles. The first-order valence-corrected chi connectivity index (χ1v) is 9.22. The smallest absolute Gasteiger partial charge is 0.231 e. The SMILES string of the molecule is COC1=NC(C)CN=C1CN1CCCC(COc2ccccc2C)C1. The summed E-state index contributed by atoms with van der Waals surface area (Å²) >= 11 is 0. The Kier molecular flexibility index (Phi) is 6.08. The molecule has 5 heteroatoms. The Bertz CT molecular complexity index is 642. The van der Waals surface area contributed by atoms with Gasteiger partial charge < -0.3 is 9.47 Å². The number of piperidine rings is 1. The highest BCUT2D eigenvalue weighted by atomic mass is 16.5. The molecule has 1 saturated heterocycles. The number of para-hydroxylation sites is 1. The number of hydrogen-bond donors (Lipinski definition) is 0. The first-order chi connectivity index (χ1) is 12.2. The van der Waals surface area contributed by atoms with Crippen LogP contribution in [0.15, 0.2) is 34.3 Å². The largest absolute Gasteiger partial charge is 0.493 e. The fourth-order valence-corrected chi connectivity index (χ4v) is 3.48. The number of aryl methyl sites for hydroxylation is 1. The summed E-state index contributed by atoms with van der Waals surface area (Å²) in [4.78, 5) is 11.7. The monoisotopic (exact) mass is 343 g/mol. The average molecular weight is 343 g/mol. The summed E-state index contributed by atoms with van der Waals surface area (Å²) in [5.74, 6) is 2.26. The lowest BCUT2D eigenvalue weighted by Crippen LogP contribution is -2.43. The first kappa shape index (κ1) is 17.9. The van der Waals surface area contributed by atoms with Crippen LogP contribution in [0, 0.1) is 12.8 Å². The van der Waals surface area contributed by atoms with E-state index in [1.807, 2.05) is 12.1 Å². The maximum Gasteiger partial charge on any atom is 0.231 e. The van der Waals surface area contributed by atoms with Gasteiger partial charge in [-0.1, -0.05) is 18.2 Å². The van der Waals surface area contributed by atoms with Crippen LogP contribution >= 0.6 is 0 Å². The normalized spacial score (nSPS) is 24.4. The van der Waals surface area contributed by atoms with Crippen molar-refractivity contribution in [3.63, 3.8) is 0 Å². The molecule has 2 heterocycles. The van der Waals surface area contributed by atoms with E-state index in [2.05, 4.69) is 40.9 Å². The zero-order valence-corrected chi connectivity index (χ0v) is 15.6. The van der Waals surface area contributed by atoms with Gasteiger partial charge in [0, 0.05) is 19.0 Å². The second-order valence-corrected chi connectivity index (χ2v) is 7.09. The Morgan fingerprint density at radius 2 is 2.12 bits per heavy atom. The van der Waals surface area contributed by atoms with E-state index in [1.54, 1.807) is 7.11 Å². The van der Waals surface area contributed by atoms with Crippen molar-refractivity contribution in [3.05, 3.63) is 29.8 Å². The molecule has 2 aliphatic heterocycles. The van der Waals surface area contributed by atoms with Crippen LogP contribution in [0.5, 0.6) is 5.75 Å². The standard InChI is InChI=1S/C20H29N3O2/c1-15-7-4-5-9-19(15)25-14-17-8-6-10-23(12-17)13-18-20(24-3)22-16(2)11-21-18/h4-5,7,9,16-17H,6,8,10-14H2,1-3H3. The second-order valence-electron chi connectivity index (χ2n) is 7.09. The molecule has 1 aromatic carbocycles. The van der Waals surface area contributed by atoms with Gasteiger partial charge in [0.25, 0.3) is 0 Å². The number of rotatable bonds is 5. The summed E-state index contributed by atoms with van der Waals surface area (Å²) in [5, 5.41) is 0. The number of likely N-dealkylation sites (tertiary alicyclic amines) is 1. The van der Waals surface area contributed by atoms with Gasteiger partial charge >= 0.3 is 0 Å². The summed E-state index contributed by atoms with van der Waals surface area (Å²) in [5.41, 5.74) is 2.18.